The lowest BCUT2D eigenvalue weighted by Crippen LogP contribution is -2.41. The molecule has 1 saturated carbocycles. The third kappa shape index (κ3) is 3.31. The van der Waals surface area contributed by atoms with Crippen LogP contribution in [0.1, 0.15) is 44.3 Å². The Morgan fingerprint density at radius 3 is 2.78 bits per heavy atom. The van der Waals surface area contributed by atoms with Crippen molar-refractivity contribution in [3.05, 3.63) is 23.9 Å². The minimum absolute atomic E-state index is 0.0275. The lowest BCUT2D eigenvalue weighted by atomic mass is 9.80. The zero-order valence-corrected chi connectivity index (χ0v) is 16.5. The summed E-state index contributed by atoms with van der Waals surface area (Å²) in [5.74, 6) is 1.46. The van der Waals surface area contributed by atoms with E-state index < -0.39 is 15.4 Å². The molecule has 2 fully saturated rings. The molecule has 8 nitrogen and oxygen atoms in total. The Morgan fingerprint density at radius 1 is 1.41 bits per heavy atom. The second-order valence-electron chi connectivity index (χ2n) is 8.02. The second kappa shape index (κ2) is 6.70. The summed E-state index contributed by atoms with van der Waals surface area (Å²) in [6.07, 6.45) is 6.97. The van der Waals surface area contributed by atoms with Gasteiger partial charge in [0.2, 0.25) is 21.8 Å². The topological polar surface area (TPSA) is 105 Å². The fourth-order valence-electron chi connectivity index (χ4n) is 4.87. The summed E-state index contributed by atoms with van der Waals surface area (Å²) in [6.45, 7) is 4.53. The van der Waals surface area contributed by atoms with E-state index in [1.807, 2.05) is 4.90 Å². The maximum Gasteiger partial charge on any atom is 0.235 e. The Kier molecular flexibility index (Phi) is 4.62. The molecule has 0 aromatic carbocycles. The predicted octanol–water partition coefficient (Wildman–Crippen LogP) is 1.14. The summed E-state index contributed by atoms with van der Waals surface area (Å²) in [7, 11) is -3.29. The summed E-state index contributed by atoms with van der Waals surface area (Å²) in [4.78, 5) is 19.3. The van der Waals surface area contributed by atoms with Crippen LogP contribution in [0.25, 0.3) is 0 Å². The fraction of sp³-hybridized carbons (Fsp3) is 0.722. The summed E-state index contributed by atoms with van der Waals surface area (Å²) in [5, 5.41) is 3.94. The van der Waals surface area contributed by atoms with Gasteiger partial charge < -0.3 is 9.42 Å². The van der Waals surface area contributed by atoms with Crippen molar-refractivity contribution in [2.24, 2.45) is 11.8 Å². The molecule has 1 saturated heterocycles. The maximum atomic E-state index is 12.9. The number of aryl methyl sites for hydroxylation is 1. The Morgan fingerprint density at radius 2 is 2.15 bits per heavy atom. The Labute approximate surface area is 159 Å². The molecule has 148 valence electrons. The molecule has 3 atom stereocenters. The summed E-state index contributed by atoms with van der Waals surface area (Å²) < 4.78 is 32.4. The van der Waals surface area contributed by atoms with Gasteiger partial charge in [0.1, 0.15) is 0 Å². The molecule has 9 heteroatoms. The Hall–Kier alpha value is -1.74. The molecule has 1 aliphatic heterocycles. The number of nitrogens with zero attached hydrogens (tertiary/aromatic N) is 3. The van der Waals surface area contributed by atoms with Gasteiger partial charge in [-0.2, -0.15) is 4.98 Å². The van der Waals surface area contributed by atoms with Gasteiger partial charge in [-0.05, 0) is 45.4 Å². The molecule has 0 spiro atoms. The van der Waals surface area contributed by atoms with Gasteiger partial charge in [0.25, 0.3) is 0 Å². The Bertz CT molecular complexity index is 856. The van der Waals surface area contributed by atoms with Crippen LogP contribution in [-0.2, 0) is 20.2 Å². The van der Waals surface area contributed by atoms with Crippen molar-refractivity contribution in [2.45, 2.75) is 51.0 Å². The van der Waals surface area contributed by atoms with E-state index in [0.717, 1.165) is 12.8 Å². The van der Waals surface area contributed by atoms with E-state index in [9.17, 15) is 13.2 Å². The molecule has 3 aliphatic rings. The van der Waals surface area contributed by atoms with Crippen LogP contribution >= 0.6 is 0 Å². The molecule has 3 unspecified atom stereocenters. The second-order valence-corrected chi connectivity index (χ2v) is 10.1. The van der Waals surface area contributed by atoms with E-state index in [1.54, 1.807) is 13.8 Å². The Balaban J connectivity index is 1.58. The molecule has 1 N–H and O–H groups in total. The number of fused-ring (bicyclic) bond motifs is 1. The van der Waals surface area contributed by atoms with E-state index in [1.165, 1.54) is 0 Å². The normalized spacial score (nSPS) is 31.0. The highest BCUT2D eigenvalue weighted by Gasteiger charge is 2.58. The number of rotatable bonds is 5. The molecule has 27 heavy (non-hydrogen) atoms. The average Bonchev–Trinajstić information content (AvgIpc) is 3.36. The first-order valence-electron chi connectivity index (χ1n) is 9.57. The lowest BCUT2D eigenvalue weighted by Gasteiger charge is -2.26. The molecule has 1 aromatic rings. The zero-order valence-electron chi connectivity index (χ0n) is 15.7. The highest BCUT2D eigenvalue weighted by Crippen LogP contribution is 2.50. The summed E-state index contributed by atoms with van der Waals surface area (Å²) >= 11 is 0. The van der Waals surface area contributed by atoms with Gasteiger partial charge in [0.05, 0.1) is 11.2 Å². The van der Waals surface area contributed by atoms with Crippen molar-refractivity contribution >= 4 is 15.9 Å². The number of hydrogen-bond donors (Lipinski definition) is 1. The summed E-state index contributed by atoms with van der Waals surface area (Å²) in [5.41, 5.74) is -0.468. The number of carbonyl (C=O) groups excluding carboxylic acids is 1. The molecular formula is C18H26N4O4S. The first kappa shape index (κ1) is 18.6. The maximum absolute atomic E-state index is 12.9. The van der Waals surface area contributed by atoms with Crippen LogP contribution in [-0.4, -0.2) is 54.2 Å². The molecule has 2 heterocycles. The smallest absolute Gasteiger partial charge is 0.235 e. The highest BCUT2D eigenvalue weighted by atomic mass is 32.2. The van der Waals surface area contributed by atoms with E-state index in [-0.39, 0.29) is 29.5 Å². The van der Waals surface area contributed by atoms with Crippen molar-refractivity contribution in [1.82, 2.24) is 19.8 Å². The van der Waals surface area contributed by atoms with Gasteiger partial charge >= 0.3 is 0 Å². The van der Waals surface area contributed by atoms with Crippen LogP contribution in [0.2, 0.25) is 0 Å². The number of nitrogens with one attached hydrogen (secondary N) is 1. The number of amides is 1. The van der Waals surface area contributed by atoms with E-state index >= 15 is 0 Å². The number of carbonyl (C=O) groups is 1. The standard InChI is InChI=1S/C18H26N4O4S/c1-3-27(24,25)21-15-8-14-10-22(16(23)13-6-4-5-7-13)11-18(14,9-15)17-19-12(2)20-26-17/h4-5,13-15,21H,3,6-11H2,1-2H3. The molecular weight excluding hydrogens is 368 g/mol. The van der Waals surface area contributed by atoms with Gasteiger partial charge in [-0.15, -0.1) is 0 Å². The minimum Gasteiger partial charge on any atom is -0.341 e. The van der Waals surface area contributed by atoms with Gasteiger partial charge in [-0.3, -0.25) is 4.79 Å². The third-order valence-corrected chi connectivity index (χ3v) is 7.68. The minimum atomic E-state index is -3.29. The number of sulfonamides is 1. The van der Waals surface area contributed by atoms with Crippen LogP contribution < -0.4 is 4.72 Å². The van der Waals surface area contributed by atoms with Crippen LogP contribution in [0.4, 0.5) is 0 Å². The van der Waals surface area contributed by atoms with Crippen LogP contribution in [0, 0.1) is 18.8 Å². The average molecular weight is 394 g/mol. The number of allylic oxidation sites excluding steroid dienone is 2. The van der Waals surface area contributed by atoms with Crippen molar-refractivity contribution in [3.63, 3.8) is 0 Å². The molecule has 2 aliphatic carbocycles. The zero-order chi connectivity index (χ0) is 19.2. The van der Waals surface area contributed by atoms with Gasteiger partial charge in [-0.25, -0.2) is 13.1 Å². The van der Waals surface area contributed by atoms with E-state index in [4.69, 9.17) is 4.52 Å². The molecule has 1 aromatic heterocycles. The monoisotopic (exact) mass is 394 g/mol. The number of aromatic nitrogens is 2. The molecule has 4 rings (SSSR count). The van der Waals surface area contributed by atoms with Crippen LogP contribution in [0.3, 0.4) is 0 Å². The number of hydrogen-bond acceptors (Lipinski definition) is 6. The van der Waals surface area contributed by atoms with Crippen molar-refractivity contribution in [3.8, 4) is 0 Å². The van der Waals surface area contributed by atoms with Crippen molar-refractivity contribution < 1.29 is 17.7 Å². The van der Waals surface area contributed by atoms with Crippen molar-refractivity contribution in [2.75, 3.05) is 18.8 Å². The lowest BCUT2D eigenvalue weighted by molar-refractivity contribution is -0.134. The van der Waals surface area contributed by atoms with Gasteiger partial charge in [0, 0.05) is 25.0 Å². The molecule has 0 bridgehead atoms. The van der Waals surface area contributed by atoms with Crippen LogP contribution in [0.5, 0.6) is 0 Å². The third-order valence-electron chi connectivity index (χ3n) is 6.22. The SMILES string of the molecule is CCS(=O)(=O)NC1CC2CN(C(=O)C3CC=CC3)CC2(c2nc(C)no2)C1. The van der Waals surface area contributed by atoms with E-state index in [2.05, 4.69) is 27.0 Å². The molecule has 1 amide bonds. The highest BCUT2D eigenvalue weighted by molar-refractivity contribution is 7.89. The van der Waals surface area contributed by atoms with Crippen molar-refractivity contribution in [1.29, 1.82) is 0 Å². The quantitative estimate of drug-likeness (QED) is 0.751. The number of likely N-dealkylation sites (tertiary alicyclic amines) is 1. The summed E-state index contributed by atoms with van der Waals surface area (Å²) in [6, 6.07) is -0.169. The first-order valence-corrected chi connectivity index (χ1v) is 11.2. The fourth-order valence-corrected chi connectivity index (χ4v) is 5.73. The van der Waals surface area contributed by atoms with Gasteiger partial charge in [-0.1, -0.05) is 17.3 Å². The van der Waals surface area contributed by atoms with Crippen LogP contribution in [0.15, 0.2) is 16.7 Å². The largest absolute Gasteiger partial charge is 0.341 e. The predicted molar refractivity (Wildman–Crippen MR) is 98.3 cm³/mol. The first-order chi connectivity index (χ1) is 12.8. The molecule has 0 radical (unpaired) electrons. The van der Waals surface area contributed by atoms with E-state index in [0.29, 0.717) is 37.6 Å². The van der Waals surface area contributed by atoms with Gasteiger partial charge in [0.15, 0.2) is 5.82 Å².